The molecule has 0 atom stereocenters. The summed E-state index contributed by atoms with van der Waals surface area (Å²) in [6.45, 7) is 0. The van der Waals surface area contributed by atoms with E-state index in [0.29, 0.717) is 24.3 Å². The normalized spacial score (nSPS) is 9.19. The number of carbonyl (C=O) groups excluding carboxylic acids is 8. The van der Waals surface area contributed by atoms with Gasteiger partial charge < -0.3 is 58.6 Å². The molecule has 0 saturated heterocycles. The van der Waals surface area contributed by atoms with E-state index >= 15 is 0 Å². The number of ether oxygens (including phenoxy) is 4. The first kappa shape index (κ1) is 42.7. The predicted octanol–water partition coefficient (Wildman–Crippen LogP) is -6.52. The fourth-order valence-electron chi connectivity index (χ4n) is 0.816. The number of esters is 4. The summed E-state index contributed by atoms with van der Waals surface area (Å²) in [6.07, 6.45) is 5.50. The first-order valence-electron chi connectivity index (χ1n) is 8.54. The third kappa shape index (κ3) is 49.7. The molecule has 0 amide bonds. The van der Waals surface area contributed by atoms with Crippen molar-refractivity contribution in [3.63, 3.8) is 0 Å². The van der Waals surface area contributed by atoms with Gasteiger partial charge in [0.2, 0.25) is 0 Å². The van der Waals surface area contributed by atoms with Crippen LogP contribution in [0.4, 0.5) is 0 Å². The van der Waals surface area contributed by atoms with Gasteiger partial charge in [0.05, 0.1) is 52.3 Å². The molecule has 17 heteroatoms. The molecule has 0 heterocycles. The van der Waals surface area contributed by atoms with E-state index < -0.39 is 47.8 Å². The molecule has 0 unspecified atom stereocenters. The summed E-state index contributed by atoms with van der Waals surface area (Å²) in [5.74, 6) is -8.50. The second-order valence-electron chi connectivity index (χ2n) is 4.70. The number of carbonyl (C=O) groups is 8. The first-order chi connectivity index (χ1) is 16.7. The minimum atomic E-state index is -1.42. The molecule has 0 fully saturated rings. The van der Waals surface area contributed by atoms with Gasteiger partial charge in [0, 0.05) is 24.3 Å². The number of rotatable bonds is 8. The molecule has 0 bridgehead atoms. The Morgan fingerprint density at radius 2 is 0.514 bits per heavy atom. The summed E-state index contributed by atoms with van der Waals surface area (Å²) in [5, 5.41) is 38.5. The third-order valence-electron chi connectivity index (χ3n) is 2.23. The van der Waals surface area contributed by atoms with Crippen molar-refractivity contribution >= 4 is 71.7 Å². The van der Waals surface area contributed by atoms with E-state index in [1.165, 1.54) is 0 Å². The Bertz CT molecular complexity index is 739. The van der Waals surface area contributed by atoms with Gasteiger partial charge in [-0.3, -0.25) is 0 Å². The topological polar surface area (TPSA) is 266 Å². The molecule has 0 aromatic carbocycles. The SMILES string of the molecule is COC(=O)C=CC(=O)[O-].COC(=O)C=CC(=O)[O-].COC(=O)C=CC(=O)[O-].COC(=O)C=CC(=O)[O-].[Sn+4]. The largest absolute Gasteiger partial charge is 4.00 e. The van der Waals surface area contributed by atoms with Crippen LogP contribution in [-0.4, -0.2) is 100 Å². The maximum atomic E-state index is 10.1. The van der Waals surface area contributed by atoms with Crippen molar-refractivity contribution < 1.29 is 77.7 Å². The van der Waals surface area contributed by atoms with Crippen LogP contribution in [0.3, 0.4) is 0 Å². The van der Waals surface area contributed by atoms with Gasteiger partial charge in [-0.05, 0) is 24.3 Å². The summed E-state index contributed by atoms with van der Waals surface area (Å²) < 4.78 is 16.3. The first-order valence-corrected chi connectivity index (χ1v) is 8.54. The fourth-order valence-corrected chi connectivity index (χ4v) is 0.816. The van der Waals surface area contributed by atoms with Gasteiger partial charge in [-0.1, -0.05) is 0 Å². The molecule has 200 valence electrons. The van der Waals surface area contributed by atoms with E-state index in [9.17, 15) is 58.8 Å². The molecule has 0 aliphatic heterocycles. The molecule has 0 aliphatic rings. The minimum Gasteiger partial charge on any atom is -0.545 e. The molecular weight excluding hydrogens is 615 g/mol. The van der Waals surface area contributed by atoms with E-state index in [1.807, 2.05) is 0 Å². The number of hydrogen-bond acceptors (Lipinski definition) is 16. The Kier molecular flexibility index (Phi) is 34.1. The molecule has 0 spiro atoms. The summed E-state index contributed by atoms with van der Waals surface area (Å²) >= 11 is 0. The molecule has 16 nitrogen and oxygen atoms in total. The van der Waals surface area contributed by atoms with Crippen molar-refractivity contribution in [1.82, 2.24) is 0 Å². The molecule has 0 rings (SSSR count). The molecule has 0 radical (unpaired) electrons. The van der Waals surface area contributed by atoms with Gasteiger partial charge >= 0.3 is 47.8 Å². The van der Waals surface area contributed by atoms with Gasteiger partial charge in [-0.2, -0.15) is 0 Å². The van der Waals surface area contributed by atoms with Gasteiger partial charge in [0.1, 0.15) is 0 Å². The van der Waals surface area contributed by atoms with E-state index in [0.717, 1.165) is 52.7 Å². The van der Waals surface area contributed by atoms with Crippen LogP contribution >= 0.6 is 0 Å². The second-order valence-corrected chi connectivity index (χ2v) is 4.70. The van der Waals surface area contributed by atoms with Crippen LogP contribution in [0, 0.1) is 0 Å². The number of carboxylic acid groups (broad SMARTS) is 4. The molecular formula is C20H20O16Sn. The average Bonchev–Trinajstić information content (AvgIpc) is 2.83. The van der Waals surface area contributed by atoms with Crippen LogP contribution in [0.25, 0.3) is 0 Å². The van der Waals surface area contributed by atoms with Crippen molar-refractivity contribution in [3.8, 4) is 0 Å². The van der Waals surface area contributed by atoms with Crippen LogP contribution in [0.15, 0.2) is 48.6 Å². The monoisotopic (exact) mass is 636 g/mol. The zero-order chi connectivity index (χ0) is 29.1. The van der Waals surface area contributed by atoms with E-state index in [-0.39, 0.29) is 23.9 Å². The van der Waals surface area contributed by atoms with Crippen LogP contribution < -0.4 is 20.4 Å². The van der Waals surface area contributed by atoms with Gasteiger partial charge in [0.25, 0.3) is 0 Å². The number of aliphatic carboxylic acids is 4. The molecule has 0 aliphatic carbocycles. The van der Waals surface area contributed by atoms with Crippen molar-refractivity contribution in [2.75, 3.05) is 28.4 Å². The van der Waals surface area contributed by atoms with Crippen LogP contribution in [0.2, 0.25) is 0 Å². The van der Waals surface area contributed by atoms with Gasteiger partial charge in [0.15, 0.2) is 0 Å². The summed E-state index contributed by atoms with van der Waals surface area (Å²) in [4.78, 5) is 78.9. The Hall–Kier alpha value is -4.48. The third-order valence-corrected chi connectivity index (χ3v) is 2.23. The van der Waals surface area contributed by atoms with E-state index in [1.54, 1.807) is 0 Å². The average molecular weight is 635 g/mol. The smallest absolute Gasteiger partial charge is 0.545 e. The summed E-state index contributed by atoms with van der Waals surface area (Å²) in [6, 6.07) is 0. The minimum absolute atomic E-state index is 0. The standard InChI is InChI=1S/4C5H6O4.Sn/c4*1-9-5(8)3-2-4(6)7;/h4*2-3H,1H3,(H,6,7);/q;;;;+4/p-4. The van der Waals surface area contributed by atoms with Crippen LogP contribution in [0.5, 0.6) is 0 Å². The summed E-state index contributed by atoms with van der Waals surface area (Å²) in [5.41, 5.74) is 0. The molecule has 0 aromatic heterocycles. The molecule has 0 N–H and O–H groups in total. The maximum Gasteiger partial charge on any atom is 4.00 e. The van der Waals surface area contributed by atoms with Crippen molar-refractivity contribution in [3.05, 3.63) is 48.6 Å². The van der Waals surface area contributed by atoms with E-state index in [4.69, 9.17) is 0 Å². The van der Waals surface area contributed by atoms with Gasteiger partial charge in [-0.25, -0.2) is 19.2 Å². The number of hydrogen-bond donors (Lipinski definition) is 0. The van der Waals surface area contributed by atoms with Crippen LogP contribution in [0.1, 0.15) is 0 Å². The zero-order valence-electron chi connectivity index (χ0n) is 19.7. The quantitative estimate of drug-likeness (QED) is 0.104. The number of carboxylic acids is 4. The molecule has 0 aromatic rings. The van der Waals surface area contributed by atoms with Crippen molar-refractivity contribution in [1.29, 1.82) is 0 Å². The zero-order valence-corrected chi connectivity index (χ0v) is 22.5. The number of methoxy groups -OCH3 is 4. The fraction of sp³-hybridized carbons (Fsp3) is 0.200. The second kappa shape index (κ2) is 29.6. The Morgan fingerprint density at radius 1 is 0.378 bits per heavy atom. The van der Waals surface area contributed by atoms with Crippen LogP contribution in [-0.2, 0) is 57.3 Å². The maximum absolute atomic E-state index is 10.1. The van der Waals surface area contributed by atoms with Gasteiger partial charge in [-0.15, -0.1) is 0 Å². The van der Waals surface area contributed by atoms with Crippen molar-refractivity contribution in [2.45, 2.75) is 0 Å². The predicted molar refractivity (Wildman–Crippen MR) is 110 cm³/mol. The Balaban J connectivity index is -0.000000122. The van der Waals surface area contributed by atoms with Crippen molar-refractivity contribution in [2.24, 2.45) is 0 Å². The van der Waals surface area contributed by atoms with E-state index in [2.05, 4.69) is 18.9 Å². The molecule has 0 saturated carbocycles. The Morgan fingerprint density at radius 3 is 0.595 bits per heavy atom. The molecule has 37 heavy (non-hydrogen) atoms. The Labute approximate surface area is 226 Å². The summed E-state index contributed by atoms with van der Waals surface area (Å²) in [7, 11) is 4.62.